The van der Waals surface area contributed by atoms with Crippen LogP contribution >= 0.6 is 31.3 Å². The van der Waals surface area contributed by atoms with Gasteiger partial charge in [-0.05, 0) is 6.92 Å². The van der Waals surface area contributed by atoms with Gasteiger partial charge in [0.15, 0.2) is 41.4 Å². The summed E-state index contributed by atoms with van der Waals surface area (Å²) in [7, 11) is -22.4. The number of fused-ring (bicyclic) bond motifs is 3. The third-order valence-electron chi connectivity index (χ3n) is 11.9. The summed E-state index contributed by atoms with van der Waals surface area (Å²) in [5.74, 6) is -0.788. The number of methoxy groups -OCH3 is 1. The van der Waals surface area contributed by atoms with E-state index in [0.29, 0.717) is 0 Å². The third kappa shape index (κ3) is 10.7. The van der Waals surface area contributed by atoms with Crippen LogP contribution in [0.1, 0.15) is 25.6 Å². The highest BCUT2D eigenvalue weighted by Crippen LogP contribution is 2.63. The first kappa shape index (κ1) is 55.6. The Morgan fingerprint density at radius 2 is 1.32 bits per heavy atom. The largest absolute Gasteiger partial charge is 0.756 e. The van der Waals surface area contributed by atoms with Gasteiger partial charge in [-0.25, -0.2) is 33.1 Å². The monoisotopic (exact) mass is 1160 g/mol. The van der Waals surface area contributed by atoms with Crippen LogP contribution in [0.15, 0.2) is 34.9 Å². The predicted octanol–water partition coefficient (Wildman–Crippen LogP) is -6.85. The van der Waals surface area contributed by atoms with Gasteiger partial charge in [-0.2, -0.15) is 4.98 Å². The van der Waals surface area contributed by atoms with E-state index in [1.165, 1.54) is 17.9 Å². The molecule has 6 aromatic rings. The highest BCUT2D eigenvalue weighted by atomic mass is 31.3. The molecule has 3 fully saturated rings. The number of nitrogens with two attached hydrogens (primary N) is 3. The first-order valence-electron chi connectivity index (χ1n) is 21.5. The van der Waals surface area contributed by atoms with Gasteiger partial charge >= 0.3 is 5.65 Å². The Morgan fingerprint density at radius 3 is 1.99 bits per heavy atom. The molecule has 43 heteroatoms. The minimum atomic E-state index is -6.60. The van der Waals surface area contributed by atoms with E-state index in [4.69, 9.17) is 49.7 Å². The van der Waals surface area contributed by atoms with E-state index in [-0.39, 0.29) is 51.2 Å². The fourth-order valence-electron chi connectivity index (χ4n) is 8.53. The lowest BCUT2D eigenvalue weighted by molar-refractivity contribution is -0.752. The minimum Gasteiger partial charge on any atom is -0.756 e. The maximum atomic E-state index is 13.5. The van der Waals surface area contributed by atoms with Crippen LogP contribution in [0, 0.1) is 0 Å². The van der Waals surface area contributed by atoms with Crippen molar-refractivity contribution in [2.24, 2.45) is 7.05 Å². The summed E-state index contributed by atoms with van der Waals surface area (Å²) in [6.07, 6.45) is -15.0. The quantitative estimate of drug-likeness (QED) is 0.0269. The van der Waals surface area contributed by atoms with Gasteiger partial charge < -0.3 is 94.2 Å². The molecule has 9 heterocycles. The summed E-state index contributed by atoms with van der Waals surface area (Å²) in [6, 6.07) is 0. The number of hydrogen-bond donors (Lipinski definition) is 9. The van der Waals surface area contributed by atoms with Crippen molar-refractivity contribution in [1.29, 1.82) is 0 Å². The van der Waals surface area contributed by atoms with Crippen molar-refractivity contribution >= 4 is 82.5 Å². The van der Waals surface area contributed by atoms with E-state index in [9.17, 15) is 67.8 Å². The van der Waals surface area contributed by atoms with Gasteiger partial charge in [-0.1, -0.05) is 4.98 Å². The first-order chi connectivity index (χ1) is 35.5. The van der Waals surface area contributed by atoms with Gasteiger partial charge in [0.05, 0.1) is 39.5 Å². The van der Waals surface area contributed by atoms with Crippen LogP contribution < -0.4 is 52.5 Å². The van der Waals surface area contributed by atoms with Crippen molar-refractivity contribution in [3.8, 4) is 0 Å². The van der Waals surface area contributed by atoms with Crippen LogP contribution in [0.2, 0.25) is 0 Å². The van der Waals surface area contributed by atoms with E-state index >= 15 is 0 Å². The zero-order chi connectivity index (χ0) is 55.2. The highest BCUT2D eigenvalue weighted by molar-refractivity contribution is 7.65. The number of aromatic amines is 2. The normalized spacial score (nSPS) is 31.2. The van der Waals surface area contributed by atoms with Gasteiger partial charge in [0.1, 0.15) is 66.3 Å². The number of phosphoric acid groups is 4. The second-order valence-corrected chi connectivity index (χ2v) is 22.9. The number of aliphatic hydroxyl groups excluding tert-OH is 3. The number of nitrogens with one attached hydrogen (secondary N) is 2. The standard InChI is InChI=1S/C33H45N15O24P4/c1-33(54)21(51)13(69-30(33)48-10-45(2)16-25(48)42-32(36)44-27(16)53)6-66-75(59,60)72-76(61,62)71-74(57,58)65-5-12-19(20(63-3)29(68-12)46-8-39-14-22(34)37-7-38-23(14)46)70-73(55,56)64-4-11-17(49)18(50)28(67-11)47-9-40-15-24(47)41-31(35)43-26(15)52/h7-13,17-21,28-30,49-51,54H,4-6H2,1-3H3,(H11-,34,35,36,37,38,41,42,43,44,52,53,55,56,57,58,59,60,61,62)/p-3/t11-,12-,13-,17?,18+,19?,20+,21+,28-,29-,30-,33?/m1/s1. The molecule has 9 rings (SSSR count). The number of phosphoric ester groups is 3. The molecule has 16 atom stereocenters. The molecule has 0 spiro atoms. The van der Waals surface area contributed by atoms with Gasteiger partial charge in [-0.15, -0.1) is 0 Å². The molecular weight excluding hydrogens is 1110 g/mol. The van der Waals surface area contributed by atoms with E-state index in [1.54, 1.807) is 0 Å². The SMILES string of the molecule is CO[C@H]1C(OP(=O)([O-])OC[C@H]2O[C@@H](n3cnc4c(=O)[nH]c(N)nc43)[C@@H](O)C2O)[C@@H](COP(=O)([O-])OP(=O)([O-])OP(=O)([O-])OC[C@H]2O[C@@H]([n+]3cn(C)c4c(=O)[nH]c(N)nc43)C(C)(O)[C@H]2O)O[C@H]1n1cnc2c(N)ncnc21. The van der Waals surface area contributed by atoms with Gasteiger partial charge in [0.25, 0.3) is 48.4 Å². The molecule has 3 aliphatic rings. The summed E-state index contributed by atoms with van der Waals surface area (Å²) in [6.45, 7) is -2.68. The molecule has 39 nitrogen and oxygen atoms in total. The molecule has 6 aromatic heterocycles. The minimum absolute atomic E-state index is 0.00917. The summed E-state index contributed by atoms with van der Waals surface area (Å²) in [5.41, 5.74) is 12.9. The first-order valence-corrected chi connectivity index (χ1v) is 27.3. The van der Waals surface area contributed by atoms with Crippen molar-refractivity contribution in [3.05, 3.63) is 46.0 Å². The predicted molar refractivity (Wildman–Crippen MR) is 235 cm³/mol. The molecule has 0 saturated carbocycles. The summed E-state index contributed by atoms with van der Waals surface area (Å²) in [4.78, 5) is 105. The molecule has 416 valence electrons. The lowest BCUT2D eigenvalue weighted by Crippen LogP contribution is -2.53. The van der Waals surface area contributed by atoms with E-state index < -0.39 is 135 Å². The van der Waals surface area contributed by atoms with Crippen molar-refractivity contribution in [2.75, 3.05) is 44.1 Å². The molecule has 0 bridgehead atoms. The number of hydrogen-bond acceptors (Lipinski definition) is 33. The lowest BCUT2D eigenvalue weighted by atomic mass is 9.96. The molecule has 0 radical (unpaired) electrons. The number of rotatable bonds is 19. The topological polar surface area (TPSA) is 574 Å². The number of aliphatic hydroxyl groups is 4. The number of ether oxygens (including phenoxy) is 4. The fraction of sp³-hybridized carbons (Fsp3) is 0.545. The maximum absolute atomic E-state index is 13.5. The van der Waals surface area contributed by atoms with E-state index in [0.717, 1.165) is 46.7 Å². The van der Waals surface area contributed by atoms with Crippen LogP contribution in [0.4, 0.5) is 17.7 Å². The average molecular weight is 1160 g/mol. The highest BCUT2D eigenvalue weighted by Gasteiger charge is 2.56. The third-order valence-corrected chi connectivity index (χ3v) is 17.0. The Balaban J connectivity index is 0.867. The van der Waals surface area contributed by atoms with Crippen molar-refractivity contribution in [1.82, 2.24) is 53.6 Å². The molecule has 0 amide bonds. The zero-order valence-electron chi connectivity index (χ0n) is 38.7. The van der Waals surface area contributed by atoms with Gasteiger partial charge in [0, 0.05) is 7.11 Å². The maximum Gasteiger partial charge on any atom is 0.313 e. The van der Waals surface area contributed by atoms with Gasteiger partial charge in [0.2, 0.25) is 17.7 Å². The van der Waals surface area contributed by atoms with Crippen LogP contribution in [0.3, 0.4) is 0 Å². The van der Waals surface area contributed by atoms with Crippen molar-refractivity contribution < 1.29 is 108 Å². The molecule has 12 N–H and O–H groups in total. The Hall–Kier alpha value is -5.15. The summed E-state index contributed by atoms with van der Waals surface area (Å²) in [5, 5.41) is 43.8. The van der Waals surface area contributed by atoms with Gasteiger partial charge in [-0.3, -0.25) is 51.5 Å². The Morgan fingerprint density at radius 1 is 0.737 bits per heavy atom. The van der Waals surface area contributed by atoms with Crippen molar-refractivity contribution in [3.63, 3.8) is 0 Å². The Kier molecular flexibility index (Phi) is 14.8. The molecule has 0 aliphatic carbocycles. The summed E-state index contributed by atoms with van der Waals surface area (Å²) >= 11 is 0. The van der Waals surface area contributed by atoms with E-state index in [1.807, 2.05) is 0 Å². The molecular formula is C33H42N15O24P4-3. The number of nitrogens with zero attached hydrogens (tertiary/aromatic N) is 10. The van der Waals surface area contributed by atoms with Crippen LogP contribution in [-0.2, 0) is 71.0 Å². The molecule has 7 unspecified atom stereocenters. The van der Waals surface area contributed by atoms with Crippen LogP contribution in [0.5, 0.6) is 0 Å². The lowest BCUT2D eigenvalue weighted by Gasteiger charge is -2.35. The number of imidazole rings is 3. The zero-order valence-corrected chi connectivity index (χ0v) is 42.3. The second kappa shape index (κ2) is 20.3. The molecule has 76 heavy (non-hydrogen) atoms. The molecule has 0 aromatic carbocycles. The molecule has 3 aliphatic heterocycles. The van der Waals surface area contributed by atoms with Crippen molar-refractivity contribution in [2.45, 2.75) is 80.0 Å². The summed E-state index contributed by atoms with van der Waals surface area (Å²) < 4.78 is 107. The molecule has 3 saturated heterocycles. The fourth-order valence-corrected chi connectivity index (χ4v) is 12.9. The average Bonchev–Trinajstić information content (AvgIpc) is 4.16. The second-order valence-electron chi connectivity index (χ2n) is 17.0. The number of anilines is 3. The number of nitrogen functional groups attached to an aromatic ring is 3. The Bertz CT molecular complexity index is 3520. The smallest absolute Gasteiger partial charge is 0.313 e. The van der Waals surface area contributed by atoms with Crippen LogP contribution in [0.25, 0.3) is 33.5 Å². The number of aryl methyl sites for hydroxylation is 1. The number of H-pyrrole nitrogens is 2. The van der Waals surface area contributed by atoms with Crippen LogP contribution in [-0.4, -0.2) is 155 Å². The number of aromatic nitrogens is 12. The Labute approximate surface area is 421 Å². The van der Waals surface area contributed by atoms with E-state index in [2.05, 4.69) is 53.0 Å².